The number of anilines is 1. The van der Waals surface area contributed by atoms with Gasteiger partial charge in [-0.15, -0.1) is 0 Å². The highest BCUT2D eigenvalue weighted by Crippen LogP contribution is 2.29. The van der Waals surface area contributed by atoms with Crippen molar-refractivity contribution in [1.29, 1.82) is 0 Å². The second kappa shape index (κ2) is 5.47. The fourth-order valence-corrected chi connectivity index (χ4v) is 2.30. The number of aliphatic carboxylic acids is 1. The number of rotatable bonds is 3. The Labute approximate surface area is 119 Å². The van der Waals surface area contributed by atoms with Gasteiger partial charge in [-0.05, 0) is 29.8 Å². The van der Waals surface area contributed by atoms with Crippen LogP contribution >= 0.6 is 23.2 Å². The molecule has 1 aromatic carbocycles. The molecule has 3 N–H and O–H groups in total. The highest BCUT2D eigenvalue weighted by molar-refractivity contribution is 6.35. The molecule has 6 heteroatoms. The molecule has 0 bridgehead atoms. The molecule has 0 fully saturated rings. The zero-order chi connectivity index (χ0) is 14.0. The predicted octanol–water partition coefficient (Wildman–Crippen LogP) is 3.26. The van der Waals surface area contributed by atoms with Crippen molar-refractivity contribution >= 4 is 34.9 Å². The van der Waals surface area contributed by atoms with Gasteiger partial charge in [0.2, 0.25) is 0 Å². The standard InChI is InChI=1S/C13H10Cl2N2O2/c14-9-1-7(2-10(15)5-9)13-8(4-12(18)19)3-11(16)6-17-13/h1-3,5-6H,4,16H2,(H,18,19). The van der Waals surface area contributed by atoms with E-state index in [1.54, 1.807) is 24.3 Å². The summed E-state index contributed by atoms with van der Waals surface area (Å²) in [5.41, 5.74) is 7.74. The van der Waals surface area contributed by atoms with E-state index in [4.69, 9.17) is 34.0 Å². The molecule has 1 heterocycles. The first-order valence-corrected chi connectivity index (χ1v) is 6.14. The Morgan fingerprint density at radius 2 is 1.84 bits per heavy atom. The second-order valence-corrected chi connectivity index (χ2v) is 4.88. The van der Waals surface area contributed by atoms with Crippen LogP contribution in [-0.2, 0) is 11.2 Å². The fourth-order valence-electron chi connectivity index (χ4n) is 1.78. The van der Waals surface area contributed by atoms with E-state index in [1.165, 1.54) is 6.20 Å². The summed E-state index contributed by atoms with van der Waals surface area (Å²) >= 11 is 11.9. The van der Waals surface area contributed by atoms with Crippen molar-refractivity contribution < 1.29 is 9.90 Å². The van der Waals surface area contributed by atoms with Crippen LogP contribution in [0.5, 0.6) is 0 Å². The largest absolute Gasteiger partial charge is 0.481 e. The number of pyridine rings is 1. The number of nitrogens with two attached hydrogens (primary N) is 1. The molecule has 1 aromatic heterocycles. The van der Waals surface area contributed by atoms with E-state index in [2.05, 4.69) is 4.98 Å². The van der Waals surface area contributed by atoms with Gasteiger partial charge in [-0.2, -0.15) is 0 Å². The van der Waals surface area contributed by atoms with E-state index < -0.39 is 5.97 Å². The SMILES string of the molecule is Nc1cnc(-c2cc(Cl)cc(Cl)c2)c(CC(=O)O)c1. The average molecular weight is 297 g/mol. The Bertz CT molecular complexity index is 624. The number of carboxylic acid groups (broad SMARTS) is 1. The maximum absolute atomic E-state index is 10.9. The van der Waals surface area contributed by atoms with Crippen molar-refractivity contribution in [2.24, 2.45) is 0 Å². The summed E-state index contributed by atoms with van der Waals surface area (Å²) in [5, 5.41) is 9.84. The van der Waals surface area contributed by atoms with Crippen LogP contribution in [0.25, 0.3) is 11.3 Å². The summed E-state index contributed by atoms with van der Waals surface area (Å²) in [6.07, 6.45) is 1.30. The molecule has 0 spiro atoms. The van der Waals surface area contributed by atoms with E-state index in [-0.39, 0.29) is 6.42 Å². The van der Waals surface area contributed by atoms with Gasteiger partial charge in [-0.3, -0.25) is 9.78 Å². The lowest BCUT2D eigenvalue weighted by Gasteiger charge is -2.09. The first kappa shape index (κ1) is 13.6. The summed E-state index contributed by atoms with van der Waals surface area (Å²) in [6.45, 7) is 0. The molecule has 2 aromatic rings. The molecule has 2 rings (SSSR count). The van der Waals surface area contributed by atoms with Gasteiger partial charge >= 0.3 is 5.97 Å². The Morgan fingerprint density at radius 3 is 2.42 bits per heavy atom. The number of aromatic nitrogens is 1. The molecule has 0 amide bonds. The summed E-state index contributed by atoms with van der Waals surface area (Å²) in [7, 11) is 0. The van der Waals surface area contributed by atoms with Crippen molar-refractivity contribution in [3.63, 3.8) is 0 Å². The highest BCUT2D eigenvalue weighted by atomic mass is 35.5. The van der Waals surface area contributed by atoms with Crippen LogP contribution < -0.4 is 5.73 Å². The van der Waals surface area contributed by atoms with E-state index >= 15 is 0 Å². The normalized spacial score (nSPS) is 10.4. The molecule has 0 atom stereocenters. The lowest BCUT2D eigenvalue weighted by Crippen LogP contribution is -2.04. The molecule has 0 aliphatic rings. The van der Waals surface area contributed by atoms with Gasteiger partial charge in [-0.1, -0.05) is 23.2 Å². The van der Waals surface area contributed by atoms with Crippen LogP contribution in [0.4, 0.5) is 5.69 Å². The number of carbonyl (C=O) groups is 1. The zero-order valence-corrected chi connectivity index (χ0v) is 11.2. The number of nitrogen functional groups attached to an aromatic ring is 1. The van der Waals surface area contributed by atoms with E-state index in [0.29, 0.717) is 32.6 Å². The quantitative estimate of drug-likeness (QED) is 0.911. The average Bonchev–Trinajstić information content (AvgIpc) is 2.26. The molecule has 0 saturated heterocycles. The van der Waals surface area contributed by atoms with E-state index in [0.717, 1.165) is 0 Å². The van der Waals surface area contributed by atoms with Gasteiger partial charge in [0.25, 0.3) is 0 Å². The van der Waals surface area contributed by atoms with Crippen LogP contribution in [-0.4, -0.2) is 16.1 Å². The van der Waals surface area contributed by atoms with Crippen molar-refractivity contribution in [3.05, 3.63) is 46.1 Å². The van der Waals surface area contributed by atoms with E-state index in [1.807, 2.05) is 0 Å². The van der Waals surface area contributed by atoms with Gasteiger partial charge in [-0.25, -0.2) is 0 Å². The maximum atomic E-state index is 10.9. The Morgan fingerprint density at radius 1 is 1.21 bits per heavy atom. The molecule has 98 valence electrons. The van der Waals surface area contributed by atoms with Crippen LogP contribution in [0.3, 0.4) is 0 Å². The lowest BCUT2D eigenvalue weighted by atomic mass is 10.0. The fraction of sp³-hybridized carbons (Fsp3) is 0.0769. The van der Waals surface area contributed by atoms with Gasteiger partial charge in [0.05, 0.1) is 24.0 Å². The predicted molar refractivity (Wildman–Crippen MR) is 75.4 cm³/mol. The third kappa shape index (κ3) is 3.36. The maximum Gasteiger partial charge on any atom is 0.307 e. The van der Waals surface area contributed by atoms with Gasteiger partial charge in [0, 0.05) is 15.6 Å². The van der Waals surface area contributed by atoms with Crippen LogP contribution in [0, 0.1) is 0 Å². The monoisotopic (exact) mass is 296 g/mol. The lowest BCUT2D eigenvalue weighted by molar-refractivity contribution is -0.136. The third-order valence-corrected chi connectivity index (χ3v) is 2.90. The molecular weight excluding hydrogens is 287 g/mol. The third-order valence-electron chi connectivity index (χ3n) is 2.47. The van der Waals surface area contributed by atoms with Crippen molar-refractivity contribution in [3.8, 4) is 11.3 Å². The smallest absolute Gasteiger partial charge is 0.307 e. The minimum Gasteiger partial charge on any atom is -0.481 e. The molecule has 0 radical (unpaired) electrons. The van der Waals surface area contributed by atoms with Crippen LogP contribution in [0.2, 0.25) is 10.0 Å². The minimum absolute atomic E-state index is 0.169. The molecule has 0 saturated carbocycles. The number of halogens is 2. The van der Waals surface area contributed by atoms with Crippen LogP contribution in [0.15, 0.2) is 30.5 Å². The summed E-state index contributed by atoms with van der Waals surface area (Å²) in [6, 6.07) is 6.54. The molecule has 0 aliphatic carbocycles. The van der Waals surface area contributed by atoms with Gasteiger partial charge in [0.1, 0.15) is 0 Å². The first-order chi connectivity index (χ1) is 8.95. The molecule has 19 heavy (non-hydrogen) atoms. The van der Waals surface area contributed by atoms with E-state index in [9.17, 15) is 4.79 Å². The molecule has 0 unspecified atom stereocenters. The van der Waals surface area contributed by atoms with Gasteiger partial charge < -0.3 is 10.8 Å². The Kier molecular flexibility index (Phi) is 3.93. The molecular formula is C13H10Cl2N2O2. The Hall–Kier alpha value is -1.78. The summed E-state index contributed by atoms with van der Waals surface area (Å²) in [4.78, 5) is 15.1. The molecule has 4 nitrogen and oxygen atoms in total. The number of hydrogen-bond donors (Lipinski definition) is 2. The number of hydrogen-bond acceptors (Lipinski definition) is 3. The number of carboxylic acids is 1. The summed E-state index contributed by atoms with van der Waals surface area (Å²) in [5.74, 6) is -0.957. The van der Waals surface area contributed by atoms with Crippen molar-refractivity contribution in [2.45, 2.75) is 6.42 Å². The van der Waals surface area contributed by atoms with Crippen molar-refractivity contribution in [1.82, 2.24) is 4.98 Å². The summed E-state index contributed by atoms with van der Waals surface area (Å²) < 4.78 is 0. The van der Waals surface area contributed by atoms with Crippen molar-refractivity contribution in [2.75, 3.05) is 5.73 Å². The molecule has 0 aliphatic heterocycles. The zero-order valence-electron chi connectivity index (χ0n) is 9.73. The number of nitrogens with zero attached hydrogens (tertiary/aromatic N) is 1. The van der Waals surface area contributed by atoms with Gasteiger partial charge in [0.15, 0.2) is 0 Å². The second-order valence-electron chi connectivity index (χ2n) is 4.01. The first-order valence-electron chi connectivity index (χ1n) is 5.38. The minimum atomic E-state index is -0.957. The Balaban J connectivity index is 2.57. The topological polar surface area (TPSA) is 76.2 Å². The highest BCUT2D eigenvalue weighted by Gasteiger charge is 2.12. The number of benzene rings is 1. The van der Waals surface area contributed by atoms with Crippen LogP contribution in [0.1, 0.15) is 5.56 Å².